The number of hydrogen-bond acceptors (Lipinski definition) is 14. The van der Waals surface area contributed by atoms with E-state index in [1.54, 1.807) is 20.1 Å². The molecule has 0 spiro atoms. The van der Waals surface area contributed by atoms with Gasteiger partial charge in [0.2, 0.25) is 23.5 Å². The van der Waals surface area contributed by atoms with Crippen LogP contribution in [0.5, 0.6) is 23.3 Å². The van der Waals surface area contributed by atoms with Gasteiger partial charge in [-0.3, -0.25) is 19.0 Å². The van der Waals surface area contributed by atoms with Crippen LogP contribution in [0.25, 0.3) is 22.9 Å². The van der Waals surface area contributed by atoms with Crippen LogP contribution in [0.3, 0.4) is 0 Å². The number of aryl methyl sites for hydroxylation is 3. The van der Waals surface area contributed by atoms with Crippen LogP contribution in [0.15, 0.2) is 137 Å². The number of carbonyl (C=O) groups excluding carboxylic acids is 2. The molecule has 16 heteroatoms. The van der Waals surface area contributed by atoms with Crippen LogP contribution < -0.4 is 18.9 Å². The summed E-state index contributed by atoms with van der Waals surface area (Å²) in [6, 6.07) is 35.2. The fourth-order valence-electron chi connectivity index (χ4n) is 7.34. The van der Waals surface area contributed by atoms with Crippen LogP contribution in [-0.2, 0) is 58.2 Å². The third-order valence-corrected chi connectivity index (χ3v) is 10.8. The third-order valence-electron chi connectivity index (χ3n) is 10.8. The molecule has 4 heterocycles. The van der Waals surface area contributed by atoms with E-state index in [0.29, 0.717) is 88.9 Å². The first-order valence-corrected chi connectivity index (χ1v) is 23.8. The molecule has 4 aromatic heterocycles. The normalized spacial score (nSPS) is 10.8. The fraction of sp³-hybridized carbons (Fsp3) is 0.309. The van der Waals surface area contributed by atoms with Crippen LogP contribution in [0.4, 0.5) is 0 Å². The summed E-state index contributed by atoms with van der Waals surface area (Å²) in [7, 11) is 0. The Kier molecular flexibility index (Phi) is 18.6. The molecule has 0 amide bonds. The topological polar surface area (TPSA) is 177 Å². The van der Waals surface area contributed by atoms with Gasteiger partial charge in [-0.15, -0.1) is 10.2 Å². The Balaban J connectivity index is 0.000000209. The first-order chi connectivity index (χ1) is 34.7. The summed E-state index contributed by atoms with van der Waals surface area (Å²) in [5.41, 5.74) is 7.12. The van der Waals surface area contributed by atoms with E-state index in [4.69, 9.17) is 37.3 Å². The molecule has 71 heavy (non-hydrogen) atoms. The predicted molar refractivity (Wildman–Crippen MR) is 265 cm³/mol. The van der Waals surface area contributed by atoms with Crippen molar-refractivity contribution < 1.29 is 46.8 Å². The molecule has 0 saturated heterocycles. The van der Waals surface area contributed by atoms with Crippen LogP contribution >= 0.6 is 0 Å². The van der Waals surface area contributed by atoms with Crippen LogP contribution in [-0.4, -0.2) is 67.9 Å². The molecule has 8 aromatic rings. The number of benzene rings is 4. The Morgan fingerprint density at radius 2 is 1.13 bits per heavy atom. The molecule has 16 nitrogen and oxygen atoms in total. The van der Waals surface area contributed by atoms with Gasteiger partial charge in [-0.05, 0) is 95.5 Å². The predicted octanol–water partition coefficient (Wildman–Crippen LogP) is 10.4. The number of para-hydroxylation sites is 1. The number of oxazole rings is 2. The molecule has 0 N–H and O–H groups in total. The van der Waals surface area contributed by atoms with Crippen molar-refractivity contribution in [2.24, 2.45) is 0 Å². The van der Waals surface area contributed by atoms with Crippen molar-refractivity contribution in [2.75, 3.05) is 26.4 Å². The monoisotopic (exact) mass is 964 g/mol. The number of rotatable bonds is 24. The van der Waals surface area contributed by atoms with Gasteiger partial charge in [0, 0.05) is 53.1 Å². The van der Waals surface area contributed by atoms with E-state index in [0.717, 1.165) is 62.0 Å². The highest BCUT2D eigenvalue weighted by atomic mass is 16.5. The number of hydrogen-bond donors (Lipinski definition) is 0. The maximum Gasteiger partial charge on any atom is 0.306 e. The molecule has 0 radical (unpaired) electrons. The second-order valence-corrected chi connectivity index (χ2v) is 16.0. The lowest BCUT2D eigenvalue weighted by Crippen LogP contribution is -2.05. The van der Waals surface area contributed by atoms with Gasteiger partial charge in [0.15, 0.2) is 0 Å². The summed E-state index contributed by atoms with van der Waals surface area (Å²) in [6.45, 7) is 12.7. The maximum atomic E-state index is 11.8. The molecule has 0 unspecified atom stereocenters. The highest BCUT2D eigenvalue weighted by molar-refractivity contribution is 5.70. The SMILES string of the molecule is CCOC(=O)CCc1cn(Cc2ccc(OCc3coc(-c4ccccc4)n3)cc2)nc1OCC.CCOC(=O)CCc1cn(Cc2ccccc2OCc2nc(-c3ccccc3)oc2C)nc1OCC. The molecule has 0 fully saturated rings. The number of carbonyl (C=O) groups is 2. The van der Waals surface area contributed by atoms with Gasteiger partial charge in [0.1, 0.15) is 48.1 Å². The zero-order valence-electron chi connectivity index (χ0n) is 40.9. The van der Waals surface area contributed by atoms with Crippen molar-refractivity contribution >= 4 is 11.9 Å². The average Bonchev–Trinajstić information content (AvgIpc) is 4.20. The van der Waals surface area contributed by atoms with Crippen LogP contribution in [0.1, 0.15) is 79.9 Å². The summed E-state index contributed by atoms with van der Waals surface area (Å²) in [5.74, 6) is 4.00. The molecule has 370 valence electrons. The van der Waals surface area contributed by atoms with Crippen LogP contribution in [0.2, 0.25) is 0 Å². The van der Waals surface area contributed by atoms with E-state index in [1.165, 1.54) is 0 Å². The largest absolute Gasteiger partial charge is 0.487 e. The Labute approximate surface area is 413 Å². The fourth-order valence-corrected chi connectivity index (χ4v) is 7.34. The standard InChI is InChI=1S/C28H31N3O5.C27H29N3O5/c1-4-33-26(32)16-15-23-18-31(30-28(23)34-5-2)17-22-13-9-10-14-25(22)35-19-24-20(3)36-27(29-24)21-11-7-6-8-12-21;1-3-32-25(31)15-12-22-17-30(29-27(22)33-4-2)16-20-10-13-24(14-11-20)34-18-23-19-35-26(28-23)21-8-6-5-7-9-21/h6-14,18H,4-5,15-17,19H2,1-3H3;5-11,13-14,17,19H,3-4,12,15-16,18H2,1-2H3. The number of esters is 2. The molecule has 0 atom stereocenters. The van der Waals surface area contributed by atoms with Gasteiger partial charge >= 0.3 is 11.9 Å². The average molecular weight is 965 g/mol. The van der Waals surface area contributed by atoms with Gasteiger partial charge in [0.05, 0.1) is 39.5 Å². The Morgan fingerprint density at radius 1 is 0.563 bits per heavy atom. The Bertz CT molecular complexity index is 2890. The van der Waals surface area contributed by atoms with Crippen molar-refractivity contribution in [3.8, 4) is 46.2 Å². The quantitative estimate of drug-likeness (QED) is 0.0523. The van der Waals surface area contributed by atoms with Gasteiger partial charge in [-0.1, -0.05) is 66.7 Å². The molecular weight excluding hydrogens is 905 g/mol. The molecule has 0 bridgehead atoms. The zero-order chi connectivity index (χ0) is 49.8. The summed E-state index contributed by atoms with van der Waals surface area (Å²) in [6.07, 6.45) is 7.05. The molecule has 0 aliphatic carbocycles. The third kappa shape index (κ3) is 14.9. The van der Waals surface area contributed by atoms with E-state index in [2.05, 4.69) is 20.2 Å². The second-order valence-electron chi connectivity index (χ2n) is 16.0. The van der Waals surface area contributed by atoms with Gasteiger partial charge in [-0.25, -0.2) is 9.97 Å². The highest BCUT2D eigenvalue weighted by Gasteiger charge is 2.17. The van der Waals surface area contributed by atoms with Crippen LogP contribution in [0, 0.1) is 6.92 Å². The summed E-state index contributed by atoms with van der Waals surface area (Å²) >= 11 is 0. The second kappa shape index (κ2) is 26.0. The van der Waals surface area contributed by atoms with E-state index in [1.807, 2.05) is 152 Å². The van der Waals surface area contributed by atoms with Crippen molar-refractivity contribution in [1.29, 1.82) is 0 Å². The van der Waals surface area contributed by atoms with Gasteiger partial charge in [-0.2, -0.15) is 0 Å². The molecule has 4 aromatic carbocycles. The Morgan fingerprint density at radius 3 is 1.72 bits per heavy atom. The lowest BCUT2D eigenvalue weighted by molar-refractivity contribution is -0.144. The van der Waals surface area contributed by atoms with E-state index < -0.39 is 0 Å². The number of aromatic nitrogens is 6. The van der Waals surface area contributed by atoms with E-state index in [-0.39, 0.29) is 25.0 Å². The van der Waals surface area contributed by atoms with Crippen molar-refractivity contribution in [2.45, 2.75) is 86.6 Å². The van der Waals surface area contributed by atoms with Crippen molar-refractivity contribution in [1.82, 2.24) is 29.5 Å². The van der Waals surface area contributed by atoms with Crippen molar-refractivity contribution in [3.05, 3.63) is 167 Å². The van der Waals surface area contributed by atoms with Crippen molar-refractivity contribution in [3.63, 3.8) is 0 Å². The molecule has 0 saturated carbocycles. The number of ether oxygens (including phenoxy) is 6. The molecule has 8 rings (SSSR count). The van der Waals surface area contributed by atoms with E-state index >= 15 is 0 Å². The lowest BCUT2D eigenvalue weighted by Gasteiger charge is -2.11. The smallest absolute Gasteiger partial charge is 0.306 e. The first-order valence-electron chi connectivity index (χ1n) is 23.8. The highest BCUT2D eigenvalue weighted by Crippen LogP contribution is 2.27. The van der Waals surface area contributed by atoms with Gasteiger partial charge < -0.3 is 37.3 Å². The number of nitrogens with zero attached hydrogens (tertiary/aromatic N) is 6. The van der Waals surface area contributed by atoms with E-state index in [9.17, 15) is 9.59 Å². The summed E-state index contributed by atoms with van der Waals surface area (Å²) < 4.78 is 48.5. The maximum absolute atomic E-state index is 11.8. The zero-order valence-corrected chi connectivity index (χ0v) is 40.9. The summed E-state index contributed by atoms with van der Waals surface area (Å²) in [4.78, 5) is 32.6. The van der Waals surface area contributed by atoms with Gasteiger partial charge in [0.25, 0.3) is 0 Å². The summed E-state index contributed by atoms with van der Waals surface area (Å²) in [5, 5.41) is 9.13. The molecule has 0 aliphatic rings. The lowest BCUT2D eigenvalue weighted by atomic mass is 10.2. The minimum absolute atomic E-state index is 0.222. The molecule has 0 aliphatic heterocycles. The minimum atomic E-state index is -0.231. The molecular formula is C55H60N6O10. The minimum Gasteiger partial charge on any atom is -0.487 e. The first kappa shape index (κ1) is 50.7. The Hall–Kier alpha value is -8.14.